The van der Waals surface area contributed by atoms with Crippen LogP contribution in [0.5, 0.6) is 0 Å². The van der Waals surface area contributed by atoms with Crippen molar-refractivity contribution in [1.82, 2.24) is 4.31 Å². The van der Waals surface area contributed by atoms with Gasteiger partial charge in [-0.1, -0.05) is 0 Å². The average molecular weight is 461 g/mol. The maximum atomic E-state index is 12.5. The zero-order valence-corrected chi connectivity index (χ0v) is 18.5. The molecule has 0 radical (unpaired) electrons. The van der Waals surface area contributed by atoms with Crippen LogP contribution in [-0.2, 0) is 24.3 Å². The summed E-state index contributed by atoms with van der Waals surface area (Å²) in [6.45, 7) is 2.07. The predicted molar refractivity (Wildman–Crippen MR) is 114 cm³/mol. The van der Waals surface area contributed by atoms with Crippen LogP contribution in [0.25, 0.3) is 6.08 Å². The SMILES string of the molecule is COC(=O)c1cc(/C=C/C(=O)OCC(=O)c2ccc(S(=O)(=O)N3CCCC3)cc2)oc1C. The number of nitrogens with zero attached hydrogens (tertiary/aromatic N) is 1. The number of methoxy groups -OCH3 is 1. The number of rotatable bonds is 8. The van der Waals surface area contributed by atoms with Crippen molar-refractivity contribution in [2.75, 3.05) is 26.8 Å². The van der Waals surface area contributed by atoms with E-state index in [2.05, 4.69) is 4.74 Å². The molecule has 1 saturated heterocycles. The van der Waals surface area contributed by atoms with Crippen LogP contribution in [0.3, 0.4) is 0 Å². The highest BCUT2D eigenvalue weighted by Gasteiger charge is 2.27. The minimum atomic E-state index is -3.56. The molecule has 0 spiro atoms. The van der Waals surface area contributed by atoms with Crippen LogP contribution in [0.15, 0.2) is 45.7 Å². The van der Waals surface area contributed by atoms with Crippen molar-refractivity contribution in [1.29, 1.82) is 0 Å². The second-order valence-corrected chi connectivity index (χ2v) is 9.05. The molecule has 32 heavy (non-hydrogen) atoms. The molecule has 1 aliphatic heterocycles. The molecule has 1 aliphatic rings. The van der Waals surface area contributed by atoms with E-state index in [9.17, 15) is 22.8 Å². The number of ketones is 1. The molecule has 0 atom stereocenters. The first-order valence-corrected chi connectivity index (χ1v) is 11.3. The highest BCUT2D eigenvalue weighted by molar-refractivity contribution is 7.89. The van der Waals surface area contributed by atoms with E-state index < -0.39 is 34.4 Å². The third-order valence-corrected chi connectivity index (χ3v) is 6.86. The predicted octanol–water partition coefficient (Wildman–Crippen LogP) is 2.60. The Morgan fingerprint density at radius 3 is 2.41 bits per heavy atom. The van der Waals surface area contributed by atoms with Gasteiger partial charge in [0.2, 0.25) is 10.0 Å². The maximum Gasteiger partial charge on any atom is 0.341 e. The lowest BCUT2D eigenvalue weighted by Gasteiger charge is -2.15. The monoisotopic (exact) mass is 461 g/mol. The molecule has 170 valence electrons. The summed E-state index contributed by atoms with van der Waals surface area (Å²) in [5, 5.41) is 0. The van der Waals surface area contributed by atoms with Gasteiger partial charge in [0.15, 0.2) is 12.4 Å². The Morgan fingerprint density at radius 1 is 1.12 bits per heavy atom. The van der Waals surface area contributed by atoms with Gasteiger partial charge < -0.3 is 13.9 Å². The summed E-state index contributed by atoms with van der Waals surface area (Å²) in [6, 6.07) is 6.97. The van der Waals surface area contributed by atoms with Gasteiger partial charge in [-0.15, -0.1) is 0 Å². The molecule has 9 nitrogen and oxygen atoms in total. The van der Waals surface area contributed by atoms with Crippen molar-refractivity contribution in [3.05, 3.63) is 59.1 Å². The first-order valence-electron chi connectivity index (χ1n) is 9.89. The van der Waals surface area contributed by atoms with Gasteiger partial charge in [0.05, 0.1) is 12.0 Å². The molecule has 0 bridgehead atoms. The Hall–Kier alpha value is -3.24. The molecular formula is C22H23NO8S. The van der Waals surface area contributed by atoms with Crippen molar-refractivity contribution in [3.63, 3.8) is 0 Å². The number of hydrogen-bond donors (Lipinski definition) is 0. The fourth-order valence-corrected chi connectivity index (χ4v) is 4.73. The minimum absolute atomic E-state index is 0.121. The van der Waals surface area contributed by atoms with Gasteiger partial charge in [-0.3, -0.25) is 4.79 Å². The third-order valence-electron chi connectivity index (χ3n) is 4.95. The molecule has 10 heteroatoms. The lowest BCUT2D eigenvalue weighted by Crippen LogP contribution is -2.27. The number of aryl methyl sites for hydroxylation is 1. The summed E-state index contributed by atoms with van der Waals surface area (Å²) in [4.78, 5) is 35.8. The number of carbonyl (C=O) groups excluding carboxylic acids is 3. The second kappa shape index (κ2) is 9.92. The highest BCUT2D eigenvalue weighted by atomic mass is 32.2. The second-order valence-electron chi connectivity index (χ2n) is 7.11. The molecule has 1 aromatic heterocycles. The molecular weight excluding hydrogens is 438 g/mol. The van der Waals surface area contributed by atoms with E-state index >= 15 is 0 Å². The van der Waals surface area contributed by atoms with Crippen LogP contribution in [0.1, 0.15) is 45.1 Å². The Balaban J connectivity index is 1.55. The van der Waals surface area contributed by atoms with E-state index in [0.29, 0.717) is 18.8 Å². The van der Waals surface area contributed by atoms with Gasteiger partial charge in [0.25, 0.3) is 0 Å². The Morgan fingerprint density at radius 2 is 1.78 bits per heavy atom. The zero-order chi connectivity index (χ0) is 23.3. The van der Waals surface area contributed by atoms with E-state index in [4.69, 9.17) is 9.15 Å². The summed E-state index contributed by atoms with van der Waals surface area (Å²) in [5.74, 6) is -1.21. The quantitative estimate of drug-likeness (QED) is 0.334. The number of hydrogen-bond acceptors (Lipinski definition) is 8. The Labute approximate surface area is 185 Å². The van der Waals surface area contributed by atoms with Crippen LogP contribution in [0.4, 0.5) is 0 Å². The van der Waals surface area contributed by atoms with Crippen LogP contribution >= 0.6 is 0 Å². The average Bonchev–Trinajstić information content (AvgIpc) is 3.46. The number of ether oxygens (including phenoxy) is 2. The number of sulfonamides is 1. The maximum absolute atomic E-state index is 12.5. The molecule has 2 aromatic rings. The lowest BCUT2D eigenvalue weighted by atomic mass is 10.1. The van der Waals surface area contributed by atoms with Gasteiger partial charge in [0.1, 0.15) is 17.1 Å². The molecule has 0 unspecified atom stereocenters. The third kappa shape index (κ3) is 5.32. The van der Waals surface area contributed by atoms with Crippen molar-refractivity contribution in [2.45, 2.75) is 24.7 Å². The summed E-state index contributed by atoms with van der Waals surface area (Å²) in [5.41, 5.74) is 0.470. The molecule has 0 aliphatic carbocycles. The smallest absolute Gasteiger partial charge is 0.341 e. The van der Waals surface area contributed by atoms with Crippen molar-refractivity contribution < 1.29 is 36.7 Å². The Bertz CT molecular complexity index is 1140. The van der Waals surface area contributed by atoms with E-state index in [1.807, 2.05) is 0 Å². The minimum Gasteiger partial charge on any atom is -0.465 e. The number of esters is 2. The highest BCUT2D eigenvalue weighted by Crippen LogP contribution is 2.21. The number of furan rings is 1. The standard InChI is InChI=1S/C22H23NO8S/c1-15-19(22(26)29-2)13-17(31-15)7-10-21(25)30-14-20(24)16-5-8-18(9-6-16)32(27,28)23-11-3-4-12-23/h5-10,13H,3-4,11-12,14H2,1-2H3/b10-7+. The largest absolute Gasteiger partial charge is 0.465 e. The zero-order valence-electron chi connectivity index (χ0n) is 17.7. The number of Topliss-reactive ketones (excluding diaryl/α,β-unsaturated/α-hetero) is 1. The van der Waals surface area contributed by atoms with E-state index in [0.717, 1.165) is 18.9 Å². The van der Waals surface area contributed by atoms with Crippen molar-refractivity contribution >= 4 is 33.8 Å². The number of benzene rings is 1. The molecule has 0 amide bonds. The topological polar surface area (TPSA) is 120 Å². The lowest BCUT2D eigenvalue weighted by molar-refractivity contribution is -0.136. The van der Waals surface area contributed by atoms with Crippen molar-refractivity contribution in [2.24, 2.45) is 0 Å². The van der Waals surface area contributed by atoms with Crippen LogP contribution in [0.2, 0.25) is 0 Å². The van der Waals surface area contributed by atoms with Gasteiger partial charge >= 0.3 is 11.9 Å². The normalized spacial score (nSPS) is 14.6. The fraction of sp³-hybridized carbons (Fsp3) is 0.318. The van der Waals surface area contributed by atoms with Crippen LogP contribution in [0, 0.1) is 6.92 Å². The van der Waals surface area contributed by atoms with Gasteiger partial charge in [-0.25, -0.2) is 18.0 Å². The molecule has 0 N–H and O–H groups in total. The van der Waals surface area contributed by atoms with Crippen LogP contribution < -0.4 is 0 Å². The molecule has 3 rings (SSSR count). The Kier molecular flexibility index (Phi) is 7.26. The fourth-order valence-electron chi connectivity index (χ4n) is 3.21. The van der Waals surface area contributed by atoms with E-state index in [1.165, 1.54) is 47.8 Å². The first-order chi connectivity index (χ1) is 15.2. The summed E-state index contributed by atoms with van der Waals surface area (Å²) >= 11 is 0. The summed E-state index contributed by atoms with van der Waals surface area (Å²) in [6.07, 6.45) is 4.05. The van der Waals surface area contributed by atoms with Crippen molar-refractivity contribution in [3.8, 4) is 0 Å². The summed E-state index contributed by atoms with van der Waals surface area (Å²) < 4.78 is 41.4. The van der Waals surface area contributed by atoms with Gasteiger partial charge in [-0.2, -0.15) is 4.31 Å². The molecule has 2 heterocycles. The molecule has 1 aromatic carbocycles. The van der Waals surface area contributed by atoms with Gasteiger partial charge in [-0.05, 0) is 56.2 Å². The van der Waals surface area contributed by atoms with E-state index in [1.54, 1.807) is 6.92 Å². The number of carbonyl (C=O) groups is 3. The molecule has 0 saturated carbocycles. The first kappa shape index (κ1) is 23.4. The molecule has 1 fully saturated rings. The van der Waals surface area contributed by atoms with Crippen LogP contribution in [-0.4, -0.2) is 57.3 Å². The van der Waals surface area contributed by atoms with E-state index in [-0.39, 0.29) is 21.8 Å². The summed E-state index contributed by atoms with van der Waals surface area (Å²) in [7, 11) is -2.31. The van der Waals surface area contributed by atoms with Gasteiger partial charge in [0, 0.05) is 24.7 Å².